The minimum Gasteiger partial charge on any atom is -0.332 e. The van der Waals surface area contributed by atoms with Crippen LogP contribution in [-0.4, -0.2) is 35.0 Å². The zero-order valence-electron chi connectivity index (χ0n) is 38.5. The number of hydrogen-bond donors (Lipinski definition) is 1. The number of carbonyl (C=O) groups is 2. The van der Waals surface area contributed by atoms with Crippen molar-refractivity contribution in [3.8, 4) is 11.3 Å². The Morgan fingerprint density at radius 2 is 1.67 bits per heavy atom. The van der Waals surface area contributed by atoms with Crippen LogP contribution in [0.4, 0.5) is 27.3 Å². The van der Waals surface area contributed by atoms with Gasteiger partial charge in [-0.1, -0.05) is 157 Å². The van der Waals surface area contributed by atoms with Crippen LogP contribution in [-0.2, 0) is 15.0 Å². The van der Waals surface area contributed by atoms with Crippen LogP contribution in [0.3, 0.4) is 0 Å². The van der Waals surface area contributed by atoms with Crippen molar-refractivity contribution in [2.24, 2.45) is 22.9 Å². The standard InChI is InChI=1S/C38H49FN5O2.C7H16.C3H8.C2H6/c1-8-12-26-19-28(20-26)44-34-21-27(14-15-29(34)38(17-10-3,37(44)46)18-16-24(5)25(6)23-45)32-22-33-35(43(7)42-33)36(41-32)40-31(13-9-2)30(39)11-4;1-3-5-7-6-4-2;1-3-2;1-2/h9,11,13-15,21-26,28H,4,8,10,12,16-20H2,1-3,5-7H3,(H,40,41);3-7H2,1-2H3;3H2,1-2H3;1-2H3/q+1;;;/b13-9-,31-30-;;;. The molecule has 1 N–H and O–H groups in total. The first-order valence-corrected chi connectivity index (χ1v) is 22.8. The summed E-state index contributed by atoms with van der Waals surface area (Å²) in [5, 5.41) is 7.72. The van der Waals surface area contributed by atoms with Gasteiger partial charge >= 0.3 is 5.69 Å². The second-order valence-electron chi connectivity index (χ2n) is 16.2. The topological polar surface area (TPSA) is 77.7 Å². The molecule has 1 amide bonds. The van der Waals surface area contributed by atoms with Crippen molar-refractivity contribution in [1.82, 2.24) is 4.98 Å². The van der Waals surface area contributed by atoms with Crippen molar-refractivity contribution >= 4 is 35.1 Å². The van der Waals surface area contributed by atoms with E-state index in [0.29, 0.717) is 17.4 Å². The highest BCUT2D eigenvalue weighted by molar-refractivity contribution is 6.09. The van der Waals surface area contributed by atoms with Crippen molar-refractivity contribution in [3.63, 3.8) is 0 Å². The lowest BCUT2D eigenvalue weighted by molar-refractivity contribution is -0.493. The first-order chi connectivity index (χ1) is 27.9. The van der Waals surface area contributed by atoms with Crippen LogP contribution in [0.15, 0.2) is 65.7 Å². The van der Waals surface area contributed by atoms with E-state index < -0.39 is 11.2 Å². The van der Waals surface area contributed by atoms with E-state index in [1.165, 1.54) is 51.0 Å². The summed E-state index contributed by atoms with van der Waals surface area (Å²) in [4.78, 5) is 33.3. The summed E-state index contributed by atoms with van der Waals surface area (Å²) in [6, 6.07) is 8.46. The maximum atomic E-state index is 14.7. The number of allylic oxidation sites excluding steroid dienone is 4. The lowest BCUT2D eigenvalue weighted by atomic mass is 9.71. The van der Waals surface area contributed by atoms with E-state index in [4.69, 9.17) is 4.98 Å². The van der Waals surface area contributed by atoms with Gasteiger partial charge in [0.05, 0.1) is 16.8 Å². The molecule has 58 heavy (non-hydrogen) atoms. The minimum absolute atomic E-state index is 0.0493. The Kier molecular flexibility index (Phi) is 22.1. The molecule has 3 atom stereocenters. The number of carbonyl (C=O) groups excluding carboxylic acids is 2. The van der Waals surface area contributed by atoms with Crippen molar-refractivity contribution in [2.75, 3.05) is 17.3 Å². The molecule has 322 valence electrons. The highest BCUT2D eigenvalue weighted by Gasteiger charge is 2.53. The van der Waals surface area contributed by atoms with Gasteiger partial charge in [-0.15, -0.1) is 0 Å². The lowest BCUT2D eigenvalue weighted by Crippen LogP contribution is -2.50. The number of aldehydes is 1. The molecule has 8 heteroatoms. The molecule has 2 aliphatic heterocycles. The van der Waals surface area contributed by atoms with Gasteiger partial charge in [-0.05, 0) is 74.6 Å². The first kappa shape index (κ1) is 50.2. The molecule has 0 bridgehead atoms. The second kappa shape index (κ2) is 25.5. The van der Waals surface area contributed by atoms with Crippen molar-refractivity contribution in [3.05, 3.63) is 66.2 Å². The third kappa shape index (κ3) is 12.3. The van der Waals surface area contributed by atoms with Gasteiger partial charge < -0.3 is 15.0 Å². The maximum Gasteiger partial charge on any atom is 0.305 e. The van der Waals surface area contributed by atoms with E-state index in [1.807, 2.05) is 40.8 Å². The van der Waals surface area contributed by atoms with Crippen LogP contribution in [0.25, 0.3) is 11.3 Å². The zero-order chi connectivity index (χ0) is 43.4. The summed E-state index contributed by atoms with van der Waals surface area (Å²) < 4.78 is 16.4. The average Bonchev–Trinajstić information content (AvgIpc) is 3.43. The van der Waals surface area contributed by atoms with Crippen LogP contribution in [0.2, 0.25) is 0 Å². The van der Waals surface area contributed by atoms with Gasteiger partial charge in [0.15, 0.2) is 7.05 Å². The fourth-order valence-corrected chi connectivity index (χ4v) is 8.16. The first-order valence-electron chi connectivity index (χ1n) is 22.8. The Bertz CT molecular complexity index is 1700. The van der Waals surface area contributed by atoms with Gasteiger partial charge in [0.25, 0.3) is 0 Å². The summed E-state index contributed by atoms with van der Waals surface area (Å²) in [7, 11) is 1.84. The number of rotatable bonds is 19. The number of hydrogen-bond acceptors (Lipinski definition) is 5. The number of amides is 1. The fraction of sp³-hybridized carbons (Fsp3) is 0.620. The Morgan fingerprint density at radius 3 is 2.21 bits per heavy atom. The van der Waals surface area contributed by atoms with Crippen LogP contribution < -0.4 is 10.2 Å². The van der Waals surface area contributed by atoms with Crippen molar-refractivity contribution in [2.45, 2.75) is 178 Å². The SMILES string of the molecule is C=C/C(F)=C(\C=C/C)Nc1nc(-c2ccc3c(c2)N(C2CC(CCC)C2)C(=O)C3(CCC)CCC(C)C(C)C=O)cc2c1[N+](C)=N2.CC.CCC.CCCCCCC. The van der Waals surface area contributed by atoms with E-state index >= 15 is 0 Å². The summed E-state index contributed by atoms with van der Waals surface area (Å²) >= 11 is 0. The summed E-state index contributed by atoms with van der Waals surface area (Å²) in [5.41, 5.74) is 4.86. The number of fused-ring (bicyclic) bond motifs is 2. The molecule has 0 radical (unpaired) electrons. The molecule has 1 fully saturated rings. The minimum atomic E-state index is -0.609. The van der Waals surface area contributed by atoms with Gasteiger partial charge in [0.2, 0.25) is 17.4 Å². The van der Waals surface area contributed by atoms with E-state index in [-0.39, 0.29) is 29.5 Å². The summed E-state index contributed by atoms with van der Waals surface area (Å²) in [6.07, 6.45) is 21.5. The maximum absolute atomic E-state index is 14.7. The lowest BCUT2D eigenvalue weighted by Gasteiger charge is -2.42. The predicted molar refractivity (Wildman–Crippen MR) is 245 cm³/mol. The fourth-order valence-electron chi connectivity index (χ4n) is 8.16. The van der Waals surface area contributed by atoms with Crippen molar-refractivity contribution in [1.29, 1.82) is 0 Å². The number of anilines is 2. The van der Waals surface area contributed by atoms with Gasteiger partial charge in [0, 0.05) is 34.4 Å². The number of nitrogens with one attached hydrogen (secondary N) is 1. The monoisotopic (exact) mass is 801 g/mol. The van der Waals surface area contributed by atoms with Crippen molar-refractivity contribution < 1.29 is 18.7 Å². The number of aromatic nitrogens is 1. The normalized spacial score (nSPS) is 20.2. The molecule has 3 aliphatic rings. The molecule has 0 saturated heterocycles. The molecule has 1 aliphatic carbocycles. The molecule has 3 heterocycles. The third-order valence-electron chi connectivity index (χ3n) is 11.6. The molecule has 2 aromatic rings. The Morgan fingerprint density at radius 1 is 1.02 bits per heavy atom. The number of nitrogens with zero attached hydrogens (tertiary/aromatic N) is 4. The number of benzene rings is 1. The molecule has 1 aromatic carbocycles. The van der Waals surface area contributed by atoms with E-state index in [2.05, 4.69) is 88.6 Å². The Hall–Kier alpha value is -3.94. The number of halogens is 1. The van der Waals surface area contributed by atoms with Gasteiger partial charge in [-0.3, -0.25) is 4.79 Å². The molecule has 1 aromatic heterocycles. The quantitative estimate of drug-likeness (QED) is 0.0664. The highest BCUT2D eigenvalue weighted by atomic mass is 19.1. The molecule has 5 rings (SSSR count). The Labute approximate surface area is 352 Å². The molecular weight excluding hydrogens is 722 g/mol. The molecule has 0 spiro atoms. The smallest absolute Gasteiger partial charge is 0.305 e. The largest absolute Gasteiger partial charge is 0.332 e. The molecule has 3 unspecified atom stereocenters. The number of azo groups is 2. The van der Waals surface area contributed by atoms with E-state index in [1.54, 1.807) is 16.8 Å². The number of unbranched alkanes of at least 4 members (excludes halogenated alkanes) is 4. The van der Waals surface area contributed by atoms with Gasteiger partial charge in [-0.2, -0.15) is 0 Å². The van der Waals surface area contributed by atoms with Crippen LogP contribution in [0, 0.1) is 17.8 Å². The number of pyridine rings is 1. The highest BCUT2D eigenvalue weighted by Crippen LogP contribution is 2.53. The van der Waals surface area contributed by atoms with Crippen LogP contribution in [0.5, 0.6) is 0 Å². The molecule has 1 saturated carbocycles. The summed E-state index contributed by atoms with van der Waals surface area (Å²) in [5.74, 6) is 1.03. The molecule has 7 nitrogen and oxygen atoms in total. The van der Waals surface area contributed by atoms with Gasteiger partial charge in [-0.25, -0.2) is 9.37 Å². The predicted octanol–water partition coefficient (Wildman–Crippen LogP) is 15.1. The second-order valence-corrected chi connectivity index (χ2v) is 16.2. The summed E-state index contributed by atoms with van der Waals surface area (Å²) in [6.45, 7) is 26.6. The third-order valence-corrected chi connectivity index (χ3v) is 11.6. The van der Waals surface area contributed by atoms with Gasteiger partial charge in [0.1, 0.15) is 12.1 Å². The van der Waals surface area contributed by atoms with E-state index in [0.717, 1.165) is 79.4 Å². The Balaban J connectivity index is 0.000000853. The zero-order valence-corrected chi connectivity index (χ0v) is 38.5. The van der Waals surface area contributed by atoms with E-state index in [9.17, 15) is 14.0 Å². The average molecular weight is 801 g/mol. The van der Waals surface area contributed by atoms with Crippen LogP contribution in [0.1, 0.15) is 172 Å². The molecular formula is C50H79FN5O2+. The van der Waals surface area contributed by atoms with Crippen LogP contribution >= 0.6 is 0 Å².